The van der Waals surface area contributed by atoms with Crippen molar-refractivity contribution in [3.05, 3.63) is 34.2 Å². The molecule has 0 saturated carbocycles. The number of thioether (sulfide) groups is 3. The summed E-state index contributed by atoms with van der Waals surface area (Å²) in [7, 11) is 1.99. The highest BCUT2D eigenvalue weighted by atomic mass is 32.2. The normalized spacial score (nSPS) is 19.8. The van der Waals surface area contributed by atoms with Crippen LogP contribution in [0.25, 0.3) is 0 Å². The van der Waals surface area contributed by atoms with Crippen molar-refractivity contribution in [3.63, 3.8) is 0 Å². The number of fused-ring (bicyclic) bond motifs is 1. The van der Waals surface area contributed by atoms with Crippen LogP contribution in [-0.2, 0) is 9.59 Å². The van der Waals surface area contributed by atoms with E-state index in [0.29, 0.717) is 19.4 Å². The van der Waals surface area contributed by atoms with Crippen LogP contribution in [0, 0.1) is 0 Å². The highest BCUT2D eigenvalue weighted by molar-refractivity contribution is 8.40. The lowest BCUT2D eigenvalue weighted by molar-refractivity contribution is -0.438. The first kappa shape index (κ1) is 18.4. The molecule has 0 aromatic heterocycles. The smallest absolute Gasteiger partial charge is 0.430 e. The number of carboxylic acids is 1. The molecule has 3 rings (SSSR count). The SMILES string of the molecule is CSC1=[N+](CCCCC(=O)O)C(=O)/C(=C2\Sc3ccccc3N2C)S1. The second kappa shape index (κ2) is 7.88. The molecule has 2 aliphatic heterocycles. The molecular formula is C17H19N2O3S3+. The Morgan fingerprint density at radius 2 is 2.04 bits per heavy atom. The minimum Gasteiger partial charge on any atom is -0.481 e. The van der Waals surface area contributed by atoms with Crippen LogP contribution < -0.4 is 4.90 Å². The third-order valence-corrected chi connectivity index (χ3v) is 7.63. The summed E-state index contributed by atoms with van der Waals surface area (Å²) in [5, 5.41) is 9.71. The fraction of sp³-hybridized carbons (Fsp3) is 0.353. The van der Waals surface area contributed by atoms with Crippen LogP contribution >= 0.6 is 35.3 Å². The van der Waals surface area contributed by atoms with Gasteiger partial charge in [-0.05, 0) is 24.8 Å². The number of anilines is 1. The van der Waals surface area contributed by atoms with Gasteiger partial charge < -0.3 is 10.0 Å². The van der Waals surface area contributed by atoms with E-state index in [2.05, 4.69) is 17.0 Å². The van der Waals surface area contributed by atoms with E-state index < -0.39 is 5.97 Å². The van der Waals surface area contributed by atoms with E-state index in [9.17, 15) is 9.59 Å². The predicted molar refractivity (Wildman–Crippen MR) is 105 cm³/mol. The summed E-state index contributed by atoms with van der Waals surface area (Å²) < 4.78 is 2.75. The number of rotatable bonds is 5. The Hall–Kier alpha value is -1.38. The van der Waals surface area contributed by atoms with Crippen molar-refractivity contribution in [2.75, 3.05) is 24.7 Å². The van der Waals surface area contributed by atoms with E-state index in [-0.39, 0.29) is 12.3 Å². The maximum absolute atomic E-state index is 12.9. The van der Waals surface area contributed by atoms with Gasteiger partial charge in [-0.15, -0.1) is 4.58 Å². The molecule has 0 unspecified atom stereocenters. The summed E-state index contributed by atoms with van der Waals surface area (Å²) in [6.45, 7) is 0.563. The number of hydrogen-bond donors (Lipinski definition) is 1. The van der Waals surface area contributed by atoms with Crippen LogP contribution in [0.4, 0.5) is 5.69 Å². The zero-order chi connectivity index (χ0) is 18.0. The van der Waals surface area contributed by atoms with Crippen molar-refractivity contribution in [2.24, 2.45) is 0 Å². The molecule has 1 N–H and O–H groups in total. The minimum absolute atomic E-state index is 0.0202. The van der Waals surface area contributed by atoms with Crippen molar-refractivity contribution in [1.82, 2.24) is 0 Å². The van der Waals surface area contributed by atoms with Gasteiger partial charge in [0.15, 0.2) is 11.4 Å². The molecule has 1 aromatic rings. The first-order valence-electron chi connectivity index (χ1n) is 7.90. The second-order valence-electron chi connectivity index (χ2n) is 5.64. The Balaban J connectivity index is 1.78. The van der Waals surface area contributed by atoms with Gasteiger partial charge in [0, 0.05) is 36.5 Å². The molecule has 0 aliphatic carbocycles. The largest absolute Gasteiger partial charge is 0.481 e. The molecule has 0 radical (unpaired) electrons. The molecule has 1 amide bonds. The molecule has 0 spiro atoms. The van der Waals surface area contributed by atoms with E-state index in [0.717, 1.165) is 24.9 Å². The Labute approximate surface area is 159 Å². The molecule has 0 saturated heterocycles. The van der Waals surface area contributed by atoms with Crippen molar-refractivity contribution in [3.8, 4) is 0 Å². The molecule has 25 heavy (non-hydrogen) atoms. The van der Waals surface area contributed by atoms with Gasteiger partial charge >= 0.3 is 11.9 Å². The molecule has 5 nitrogen and oxygen atoms in total. The lowest BCUT2D eigenvalue weighted by atomic mass is 10.2. The number of carbonyl (C=O) groups is 2. The van der Waals surface area contributed by atoms with Gasteiger partial charge in [0.2, 0.25) is 0 Å². The molecule has 0 atom stereocenters. The molecule has 132 valence electrons. The van der Waals surface area contributed by atoms with Gasteiger partial charge in [-0.25, -0.2) is 4.79 Å². The lowest BCUT2D eigenvalue weighted by Crippen LogP contribution is -2.22. The monoisotopic (exact) mass is 395 g/mol. The van der Waals surface area contributed by atoms with Crippen molar-refractivity contribution >= 4 is 57.2 Å². The van der Waals surface area contributed by atoms with Crippen LogP contribution in [-0.4, -0.2) is 45.8 Å². The number of carbonyl (C=O) groups excluding carboxylic acids is 1. The average Bonchev–Trinajstić information content (AvgIpc) is 3.09. The molecule has 2 heterocycles. The van der Waals surface area contributed by atoms with Crippen molar-refractivity contribution in [1.29, 1.82) is 0 Å². The number of aliphatic carboxylic acids is 1. The van der Waals surface area contributed by atoms with Crippen molar-refractivity contribution < 1.29 is 19.3 Å². The van der Waals surface area contributed by atoms with Gasteiger partial charge in [-0.2, -0.15) is 0 Å². The second-order valence-corrected chi connectivity index (χ2v) is 8.73. The van der Waals surface area contributed by atoms with Gasteiger partial charge in [0.1, 0.15) is 5.03 Å². The number of unbranched alkanes of at least 4 members (excludes halogenated alkanes) is 1. The first-order valence-corrected chi connectivity index (χ1v) is 10.8. The van der Waals surface area contributed by atoms with Gasteiger partial charge in [0.25, 0.3) is 4.38 Å². The Morgan fingerprint density at radius 1 is 1.28 bits per heavy atom. The summed E-state index contributed by atoms with van der Waals surface area (Å²) in [4.78, 5) is 27.6. The van der Waals surface area contributed by atoms with E-state index in [1.54, 1.807) is 28.1 Å². The number of amides is 1. The minimum atomic E-state index is -0.791. The Bertz CT molecular complexity index is 789. The topological polar surface area (TPSA) is 60.6 Å². The zero-order valence-corrected chi connectivity index (χ0v) is 16.5. The van der Waals surface area contributed by atoms with Gasteiger partial charge in [0.05, 0.1) is 5.69 Å². The van der Waals surface area contributed by atoms with E-state index in [1.165, 1.54) is 11.8 Å². The van der Waals surface area contributed by atoms with Crippen LogP contribution in [0.3, 0.4) is 0 Å². The summed E-state index contributed by atoms with van der Waals surface area (Å²) in [5.74, 6) is -0.771. The summed E-state index contributed by atoms with van der Waals surface area (Å²) >= 11 is 4.71. The number of nitrogens with zero attached hydrogens (tertiary/aromatic N) is 2. The van der Waals surface area contributed by atoms with E-state index >= 15 is 0 Å². The number of carboxylic acid groups (broad SMARTS) is 1. The standard InChI is InChI=1S/C17H18N2O3S3/c1-18-11-7-3-4-8-12(11)24-16(18)14-15(22)19(17(23-2)25-14)10-6-5-9-13(20)21/h3-4,7-8H,5-6,9-10H2,1-2H3/p+1/b16-14+. The Morgan fingerprint density at radius 3 is 2.72 bits per heavy atom. The average molecular weight is 396 g/mol. The molecule has 8 heteroatoms. The number of hydrogen-bond acceptors (Lipinski definition) is 6. The number of benzene rings is 1. The third kappa shape index (κ3) is 3.75. The predicted octanol–water partition coefficient (Wildman–Crippen LogP) is 3.66. The van der Waals surface area contributed by atoms with Crippen LogP contribution in [0.5, 0.6) is 0 Å². The third-order valence-electron chi connectivity index (χ3n) is 3.98. The van der Waals surface area contributed by atoms with Gasteiger partial charge in [-0.3, -0.25) is 4.79 Å². The summed E-state index contributed by atoms with van der Waals surface area (Å²) in [5.41, 5.74) is 1.12. The lowest BCUT2D eigenvalue weighted by Gasteiger charge is -2.13. The van der Waals surface area contributed by atoms with Crippen LogP contribution in [0.1, 0.15) is 19.3 Å². The zero-order valence-electron chi connectivity index (χ0n) is 14.0. The quantitative estimate of drug-likeness (QED) is 0.464. The highest BCUT2D eigenvalue weighted by Gasteiger charge is 2.42. The molecule has 1 aromatic carbocycles. The summed E-state index contributed by atoms with van der Waals surface area (Å²) in [6.07, 6.45) is 3.38. The molecular weight excluding hydrogens is 376 g/mol. The fourth-order valence-electron chi connectivity index (χ4n) is 2.72. The van der Waals surface area contributed by atoms with Gasteiger partial charge in [-0.1, -0.05) is 35.7 Å². The molecule has 0 fully saturated rings. The van der Waals surface area contributed by atoms with E-state index in [4.69, 9.17) is 5.11 Å². The first-order chi connectivity index (χ1) is 12.0. The van der Waals surface area contributed by atoms with Crippen LogP contribution in [0.2, 0.25) is 0 Å². The molecule has 0 bridgehead atoms. The van der Waals surface area contributed by atoms with E-state index in [1.807, 2.05) is 25.4 Å². The fourth-order valence-corrected chi connectivity index (χ4v) is 5.91. The van der Waals surface area contributed by atoms with Crippen molar-refractivity contribution in [2.45, 2.75) is 24.2 Å². The number of para-hydroxylation sites is 1. The maximum atomic E-state index is 12.9. The summed E-state index contributed by atoms with van der Waals surface area (Å²) in [6, 6.07) is 8.13. The molecule has 2 aliphatic rings. The Kier molecular flexibility index (Phi) is 5.81. The van der Waals surface area contributed by atoms with Crippen LogP contribution in [0.15, 0.2) is 39.1 Å². The maximum Gasteiger partial charge on any atom is 0.430 e. The highest BCUT2D eigenvalue weighted by Crippen LogP contribution is 2.49.